The number of oxazole rings is 1. The van der Waals surface area contributed by atoms with Crippen LogP contribution in [-0.2, 0) is 6.54 Å². The third-order valence-electron chi connectivity index (χ3n) is 4.37. The predicted octanol–water partition coefficient (Wildman–Crippen LogP) is 4.39. The minimum atomic E-state index is -0.960. The summed E-state index contributed by atoms with van der Waals surface area (Å²) in [5.74, 6) is 1.36. The predicted molar refractivity (Wildman–Crippen MR) is 113 cm³/mol. The maximum atomic E-state index is 12.9. The summed E-state index contributed by atoms with van der Waals surface area (Å²) in [4.78, 5) is 22.9. The van der Waals surface area contributed by atoms with Gasteiger partial charge in [0.1, 0.15) is 0 Å². The summed E-state index contributed by atoms with van der Waals surface area (Å²) < 4.78 is 7.36. The van der Waals surface area contributed by atoms with Crippen LogP contribution in [0, 0.1) is 13.8 Å². The Morgan fingerprint density at radius 2 is 2.07 bits per heavy atom. The van der Waals surface area contributed by atoms with Gasteiger partial charge >= 0.3 is 0 Å². The standard InChI is InChI=1S/C21H22N4O3S/c1-12-5-6-15-14(9-12)23-20(25(15)11-21(3,4)27)24-19(26)18-8-7-17(29-18)16-10-22-13(2)28-16/h5-10,27H,11H2,1-4H3,(H,23,24,26). The Bertz CT molecular complexity index is 1200. The summed E-state index contributed by atoms with van der Waals surface area (Å²) >= 11 is 1.32. The van der Waals surface area contributed by atoms with E-state index in [4.69, 9.17) is 4.42 Å². The number of aliphatic hydroxyl groups is 1. The van der Waals surface area contributed by atoms with E-state index in [1.807, 2.05) is 35.8 Å². The molecule has 4 rings (SSSR count). The fourth-order valence-electron chi connectivity index (χ4n) is 3.11. The number of rotatable bonds is 5. The highest BCUT2D eigenvalue weighted by atomic mass is 32.1. The van der Waals surface area contributed by atoms with Crippen molar-refractivity contribution in [3.05, 3.63) is 52.9 Å². The van der Waals surface area contributed by atoms with Crippen LogP contribution in [-0.4, -0.2) is 31.1 Å². The summed E-state index contributed by atoms with van der Waals surface area (Å²) in [6.07, 6.45) is 1.65. The number of nitrogens with zero attached hydrogens (tertiary/aromatic N) is 3. The lowest BCUT2D eigenvalue weighted by Gasteiger charge is -2.20. The van der Waals surface area contributed by atoms with Gasteiger partial charge in [0.2, 0.25) is 5.95 Å². The zero-order valence-electron chi connectivity index (χ0n) is 16.7. The second-order valence-electron chi connectivity index (χ2n) is 7.69. The number of imidazole rings is 1. The summed E-state index contributed by atoms with van der Waals surface area (Å²) in [7, 11) is 0. The third-order valence-corrected chi connectivity index (χ3v) is 5.47. The normalized spacial score (nSPS) is 11.9. The van der Waals surface area contributed by atoms with Crippen molar-refractivity contribution >= 4 is 34.2 Å². The van der Waals surface area contributed by atoms with E-state index in [1.54, 1.807) is 33.0 Å². The maximum Gasteiger partial charge on any atom is 0.268 e. The van der Waals surface area contributed by atoms with E-state index >= 15 is 0 Å². The Morgan fingerprint density at radius 1 is 1.28 bits per heavy atom. The molecule has 29 heavy (non-hydrogen) atoms. The second kappa shape index (κ2) is 7.13. The average Bonchev–Trinajstić information content (AvgIpc) is 3.33. The molecule has 2 N–H and O–H groups in total. The number of fused-ring (bicyclic) bond motifs is 1. The van der Waals surface area contributed by atoms with Crippen LogP contribution < -0.4 is 5.32 Å². The van der Waals surface area contributed by atoms with Crippen molar-refractivity contribution < 1.29 is 14.3 Å². The third kappa shape index (κ3) is 4.08. The quantitative estimate of drug-likeness (QED) is 0.509. The number of amides is 1. The summed E-state index contributed by atoms with van der Waals surface area (Å²) in [5.41, 5.74) is 1.75. The van der Waals surface area contributed by atoms with Gasteiger partial charge < -0.3 is 14.1 Å². The molecular weight excluding hydrogens is 388 g/mol. The van der Waals surface area contributed by atoms with Crippen LogP contribution in [0.25, 0.3) is 21.7 Å². The Kier molecular flexibility index (Phi) is 4.76. The number of carbonyl (C=O) groups is 1. The highest BCUT2D eigenvalue weighted by molar-refractivity contribution is 7.17. The van der Waals surface area contributed by atoms with Crippen molar-refractivity contribution in [2.45, 2.75) is 39.8 Å². The molecule has 0 fully saturated rings. The van der Waals surface area contributed by atoms with E-state index in [0.29, 0.717) is 29.0 Å². The van der Waals surface area contributed by atoms with Gasteiger partial charge in [0.15, 0.2) is 11.7 Å². The van der Waals surface area contributed by atoms with Crippen molar-refractivity contribution in [1.29, 1.82) is 0 Å². The molecule has 8 heteroatoms. The summed E-state index contributed by atoms with van der Waals surface area (Å²) in [6.45, 7) is 7.52. The summed E-state index contributed by atoms with van der Waals surface area (Å²) in [6, 6.07) is 9.49. The van der Waals surface area contributed by atoms with Gasteiger partial charge in [-0.2, -0.15) is 0 Å². The van der Waals surface area contributed by atoms with E-state index in [1.165, 1.54) is 11.3 Å². The molecule has 0 unspecified atom stereocenters. The first kappa shape index (κ1) is 19.4. The highest BCUT2D eigenvalue weighted by Gasteiger charge is 2.21. The number of carbonyl (C=O) groups excluding carboxylic acids is 1. The number of aromatic nitrogens is 3. The number of benzene rings is 1. The highest BCUT2D eigenvalue weighted by Crippen LogP contribution is 2.30. The van der Waals surface area contributed by atoms with Gasteiger partial charge in [-0.25, -0.2) is 9.97 Å². The lowest BCUT2D eigenvalue weighted by molar-refractivity contribution is 0.0630. The Balaban J connectivity index is 1.65. The number of thiophene rings is 1. The molecule has 0 atom stereocenters. The molecule has 1 aromatic carbocycles. The molecule has 3 heterocycles. The van der Waals surface area contributed by atoms with Crippen molar-refractivity contribution in [2.75, 3.05) is 5.32 Å². The number of nitrogens with one attached hydrogen (secondary N) is 1. The SMILES string of the molecule is Cc1ccc2c(c1)nc(NC(=O)c1ccc(-c3cnc(C)o3)s1)n2CC(C)(C)O. The van der Waals surface area contributed by atoms with Crippen LogP contribution in [0.15, 0.2) is 40.9 Å². The van der Waals surface area contributed by atoms with Gasteiger partial charge in [-0.15, -0.1) is 11.3 Å². The monoisotopic (exact) mass is 410 g/mol. The Morgan fingerprint density at radius 3 is 2.76 bits per heavy atom. The molecule has 0 saturated heterocycles. The molecule has 150 valence electrons. The van der Waals surface area contributed by atoms with E-state index in [9.17, 15) is 9.90 Å². The largest absolute Gasteiger partial charge is 0.440 e. The molecule has 0 aliphatic heterocycles. The van der Waals surface area contributed by atoms with Gasteiger partial charge in [0.25, 0.3) is 5.91 Å². The van der Waals surface area contributed by atoms with Crippen LogP contribution in [0.2, 0.25) is 0 Å². The zero-order valence-corrected chi connectivity index (χ0v) is 17.5. The van der Waals surface area contributed by atoms with Gasteiger partial charge in [-0.1, -0.05) is 6.07 Å². The molecule has 0 aliphatic carbocycles. The molecular formula is C21H22N4O3S. The van der Waals surface area contributed by atoms with Gasteiger partial charge in [0, 0.05) is 6.92 Å². The number of hydrogen-bond donors (Lipinski definition) is 2. The smallest absolute Gasteiger partial charge is 0.268 e. The van der Waals surface area contributed by atoms with Crippen LogP contribution in [0.5, 0.6) is 0 Å². The van der Waals surface area contributed by atoms with E-state index in [0.717, 1.165) is 21.5 Å². The lowest BCUT2D eigenvalue weighted by atomic mass is 10.1. The molecule has 0 saturated carbocycles. The van der Waals surface area contributed by atoms with Crippen LogP contribution in [0.1, 0.15) is 35.0 Å². The molecule has 4 aromatic rings. The first-order valence-corrected chi connectivity index (χ1v) is 10.0. The van der Waals surface area contributed by atoms with Crippen molar-refractivity contribution in [2.24, 2.45) is 0 Å². The van der Waals surface area contributed by atoms with Gasteiger partial charge in [-0.05, 0) is 50.6 Å². The van der Waals surface area contributed by atoms with Gasteiger partial charge in [0.05, 0.1) is 39.1 Å². The minimum Gasteiger partial charge on any atom is -0.440 e. The average molecular weight is 410 g/mol. The van der Waals surface area contributed by atoms with Crippen molar-refractivity contribution in [3.63, 3.8) is 0 Å². The zero-order chi connectivity index (χ0) is 20.8. The first-order chi connectivity index (χ1) is 13.7. The van der Waals surface area contributed by atoms with Crippen molar-refractivity contribution in [3.8, 4) is 10.6 Å². The Hall–Kier alpha value is -2.97. The first-order valence-electron chi connectivity index (χ1n) is 9.23. The lowest BCUT2D eigenvalue weighted by Crippen LogP contribution is -2.27. The van der Waals surface area contributed by atoms with Crippen LogP contribution in [0.3, 0.4) is 0 Å². The van der Waals surface area contributed by atoms with Crippen molar-refractivity contribution in [1.82, 2.24) is 14.5 Å². The number of aryl methyl sites for hydroxylation is 2. The van der Waals surface area contributed by atoms with Gasteiger partial charge in [-0.3, -0.25) is 10.1 Å². The maximum absolute atomic E-state index is 12.9. The Labute approximate surface area is 172 Å². The molecule has 7 nitrogen and oxygen atoms in total. The minimum absolute atomic E-state index is 0.262. The second-order valence-corrected chi connectivity index (χ2v) is 8.77. The van der Waals surface area contributed by atoms with E-state index in [2.05, 4.69) is 15.3 Å². The molecule has 0 spiro atoms. The molecule has 0 bridgehead atoms. The molecule has 3 aromatic heterocycles. The number of hydrogen-bond acceptors (Lipinski definition) is 6. The van der Waals surface area contributed by atoms with Crippen LogP contribution in [0.4, 0.5) is 5.95 Å². The summed E-state index contributed by atoms with van der Waals surface area (Å²) in [5, 5.41) is 13.2. The van der Waals surface area contributed by atoms with E-state index in [-0.39, 0.29) is 5.91 Å². The molecule has 0 radical (unpaired) electrons. The number of anilines is 1. The van der Waals surface area contributed by atoms with E-state index < -0.39 is 5.60 Å². The topological polar surface area (TPSA) is 93.2 Å². The molecule has 1 amide bonds. The fraction of sp³-hybridized carbons (Fsp3) is 0.286. The molecule has 0 aliphatic rings. The fourth-order valence-corrected chi connectivity index (χ4v) is 3.96. The van der Waals surface area contributed by atoms with Crippen LogP contribution >= 0.6 is 11.3 Å².